The smallest absolute Gasteiger partial charge is 0.332 e. The Morgan fingerprint density at radius 3 is 2.38 bits per heavy atom. The maximum absolute atomic E-state index is 12.5. The number of aliphatic hydroxyl groups is 1. The first-order valence-corrected chi connectivity index (χ1v) is 7.16. The minimum Gasteiger partial charge on any atom is -0.395 e. The van der Waals surface area contributed by atoms with Crippen molar-refractivity contribution in [2.75, 3.05) is 6.61 Å². The Balaban J connectivity index is 2.86. The number of imidazole rings is 1. The number of fused-ring (bicyclic) bond motifs is 1. The van der Waals surface area contributed by atoms with Crippen molar-refractivity contribution in [3.05, 3.63) is 26.7 Å². The molecule has 0 unspecified atom stereocenters. The van der Waals surface area contributed by atoms with Gasteiger partial charge in [-0.2, -0.15) is 0 Å². The van der Waals surface area contributed by atoms with E-state index in [0.717, 1.165) is 0 Å². The van der Waals surface area contributed by atoms with Crippen molar-refractivity contribution in [2.45, 2.75) is 52.6 Å². The Morgan fingerprint density at radius 2 is 1.86 bits per heavy atom. The minimum absolute atomic E-state index is 0.119. The van der Waals surface area contributed by atoms with E-state index in [1.807, 2.05) is 27.7 Å². The molecular weight excluding hydrogens is 272 g/mol. The van der Waals surface area contributed by atoms with Crippen LogP contribution in [0.25, 0.3) is 11.2 Å². The normalized spacial score (nSPS) is 12.2. The van der Waals surface area contributed by atoms with E-state index in [2.05, 4.69) is 9.97 Å². The van der Waals surface area contributed by atoms with Crippen LogP contribution in [-0.2, 0) is 18.5 Å². The Bertz CT molecular complexity index is 761. The molecule has 21 heavy (non-hydrogen) atoms. The largest absolute Gasteiger partial charge is 0.395 e. The SMILES string of the molecule is CCCn1c(=O)c2[nH]c(C(C)(C)C)nc2n(CCO)c1=O. The lowest BCUT2D eigenvalue weighted by atomic mass is 9.96. The Morgan fingerprint density at radius 1 is 1.19 bits per heavy atom. The van der Waals surface area contributed by atoms with Gasteiger partial charge in [-0.3, -0.25) is 13.9 Å². The lowest BCUT2D eigenvalue weighted by molar-refractivity contribution is 0.273. The van der Waals surface area contributed by atoms with Gasteiger partial charge in [0.25, 0.3) is 5.56 Å². The molecule has 7 heteroatoms. The van der Waals surface area contributed by atoms with Gasteiger partial charge in [0.2, 0.25) is 0 Å². The summed E-state index contributed by atoms with van der Waals surface area (Å²) < 4.78 is 2.56. The second-order valence-electron chi connectivity index (χ2n) is 6.15. The molecule has 0 bridgehead atoms. The fourth-order valence-corrected chi connectivity index (χ4v) is 2.24. The van der Waals surface area contributed by atoms with Crippen LogP contribution in [0.1, 0.15) is 39.9 Å². The molecule has 0 spiro atoms. The molecular formula is C14H22N4O3. The number of H-pyrrole nitrogens is 1. The van der Waals surface area contributed by atoms with Gasteiger partial charge in [-0.05, 0) is 6.42 Å². The number of aliphatic hydroxyl groups excluding tert-OH is 1. The highest BCUT2D eigenvalue weighted by Gasteiger charge is 2.22. The molecule has 0 aromatic carbocycles. The van der Waals surface area contributed by atoms with Crippen LogP contribution in [0, 0.1) is 0 Å². The molecule has 2 aromatic rings. The van der Waals surface area contributed by atoms with E-state index in [0.29, 0.717) is 30.0 Å². The summed E-state index contributed by atoms with van der Waals surface area (Å²) in [5, 5.41) is 9.18. The van der Waals surface area contributed by atoms with E-state index >= 15 is 0 Å². The van der Waals surface area contributed by atoms with E-state index in [1.165, 1.54) is 9.13 Å². The van der Waals surface area contributed by atoms with Gasteiger partial charge in [0.15, 0.2) is 5.65 Å². The third kappa shape index (κ3) is 2.65. The first-order chi connectivity index (χ1) is 9.81. The van der Waals surface area contributed by atoms with E-state index in [1.54, 1.807) is 0 Å². The number of nitrogens with one attached hydrogen (secondary N) is 1. The van der Waals surface area contributed by atoms with Gasteiger partial charge in [0.1, 0.15) is 11.3 Å². The topological polar surface area (TPSA) is 92.9 Å². The Hall–Kier alpha value is -1.89. The van der Waals surface area contributed by atoms with Crippen LogP contribution in [0.3, 0.4) is 0 Å². The molecule has 116 valence electrons. The first-order valence-electron chi connectivity index (χ1n) is 7.16. The van der Waals surface area contributed by atoms with Crippen molar-refractivity contribution in [3.63, 3.8) is 0 Å². The summed E-state index contributed by atoms with van der Waals surface area (Å²) in [6.07, 6.45) is 0.681. The molecule has 2 N–H and O–H groups in total. The van der Waals surface area contributed by atoms with E-state index in [9.17, 15) is 14.7 Å². The van der Waals surface area contributed by atoms with Gasteiger partial charge in [-0.15, -0.1) is 0 Å². The molecule has 0 amide bonds. The van der Waals surface area contributed by atoms with Crippen molar-refractivity contribution in [2.24, 2.45) is 0 Å². The monoisotopic (exact) mass is 294 g/mol. The lowest BCUT2D eigenvalue weighted by Gasteiger charge is -2.13. The van der Waals surface area contributed by atoms with Gasteiger partial charge in [0.05, 0.1) is 13.2 Å². The summed E-state index contributed by atoms with van der Waals surface area (Å²) in [5.41, 5.74) is -0.400. The number of hydrogen-bond donors (Lipinski definition) is 2. The summed E-state index contributed by atoms with van der Waals surface area (Å²) in [4.78, 5) is 32.3. The Kier molecular flexibility index (Phi) is 4.04. The molecule has 2 aromatic heterocycles. The standard InChI is InChI=1S/C14H22N4O3/c1-5-6-18-11(20)9-10(17(7-8-19)13(18)21)16-12(15-9)14(2,3)4/h19H,5-8H2,1-4H3,(H,15,16). The molecule has 0 atom stereocenters. The highest BCUT2D eigenvalue weighted by atomic mass is 16.3. The number of hydrogen-bond acceptors (Lipinski definition) is 4. The summed E-state index contributed by atoms with van der Waals surface area (Å²) in [5.74, 6) is 0.648. The quantitative estimate of drug-likeness (QED) is 0.863. The second-order valence-corrected chi connectivity index (χ2v) is 6.15. The zero-order chi connectivity index (χ0) is 15.8. The van der Waals surface area contributed by atoms with Crippen molar-refractivity contribution >= 4 is 11.2 Å². The van der Waals surface area contributed by atoms with Crippen molar-refractivity contribution in [3.8, 4) is 0 Å². The third-order valence-electron chi connectivity index (χ3n) is 3.34. The van der Waals surface area contributed by atoms with E-state index in [-0.39, 0.29) is 24.1 Å². The van der Waals surface area contributed by atoms with Crippen LogP contribution in [0.15, 0.2) is 9.59 Å². The van der Waals surface area contributed by atoms with Crippen LogP contribution >= 0.6 is 0 Å². The highest BCUT2D eigenvalue weighted by molar-refractivity contribution is 5.70. The summed E-state index contributed by atoms with van der Waals surface area (Å²) in [6.45, 7) is 8.12. The van der Waals surface area contributed by atoms with Crippen molar-refractivity contribution in [1.29, 1.82) is 0 Å². The van der Waals surface area contributed by atoms with Crippen molar-refractivity contribution < 1.29 is 5.11 Å². The molecule has 2 rings (SSSR count). The average Bonchev–Trinajstić information content (AvgIpc) is 2.84. The molecule has 0 aliphatic rings. The Labute approximate surface area is 122 Å². The van der Waals surface area contributed by atoms with Crippen LogP contribution in [0.2, 0.25) is 0 Å². The second kappa shape index (κ2) is 5.48. The number of rotatable bonds is 4. The molecule has 7 nitrogen and oxygen atoms in total. The molecule has 2 heterocycles. The predicted octanol–water partition coefficient (Wildman–Crippen LogP) is 0.586. The van der Waals surface area contributed by atoms with Gasteiger partial charge in [-0.25, -0.2) is 9.78 Å². The average molecular weight is 294 g/mol. The third-order valence-corrected chi connectivity index (χ3v) is 3.34. The number of aromatic nitrogens is 4. The molecule has 0 fully saturated rings. The van der Waals surface area contributed by atoms with Gasteiger partial charge >= 0.3 is 5.69 Å². The molecule has 0 aliphatic heterocycles. The predicted molar refractivity (Wildman–Crippen MR) is 80.7 cm³/mol. The van der Waals surface area contributed by atoms with Crippen LogP contribution < -0.4 is 11.2 Å². The molecule has 0 radical (unpaired) electrons. The van der Waals surface area contributed by atoms with Crippen LogP contribution in [0.4, 0.5) is 0 Å². The fourth-order valence-electron chi connectivity index (χ4n) is 2.24. The van der Waals surface area contributed by atoms with Crippen molar-refractivity contribution in [1.82, 2.24) is 19.1 Å². The zero-order valence-electron chi connectivity index (χ0n) is 12.9. The minimum atomic E-state index is -0.421. The summed E-state index contributed by atoms with van der Waals surface area (Å²) in [6, 6.07) is 0. The number of nitrogens with zero attached hydrogens (tertiary/aromatic N) is 3. The molecule has 0 saturated carbocycles. The van der Waals surface area contributed by atoms with E-state index in [4.69, 9.17) is 0 Å². The molecule has 0 aliphatic carbocycles. The molecule has 0 saturated heterocycles. The lowest BCUT2D eigenvalue weighted by Crippen LogP contribution is -2.40. The zero-order valence-corrected chi connectivity index (χ0v) is 12.9. The number of aromatic amines is 1. The first kappa shape index (κ1) is 15.5. The van der Waals surface area contributed by atoms with Gasteiger partial charge in [0, 0.05) is 12.0 Å². The maximum atomic E-state index is 12.5. The fraction of sp³-hybridized carbons (Fsp3) is 0.643. The van der Waals surface area contributed by atoms with E-state index < -0.39 is 5.69 Å². The van der Waals surface area contributed by atoms with Gasteiger partial charge in [-0.1, -0.05) is 27.7 Å². The van der Waals surface area contributed by atoms with Gasteiger partial charge < -0.3 is 10.1 Å². The summed E-state index contributed by atoms with van der Waals surface area (Å²) >= 11 is 0. The summed E-state index contributed by atoms with van der Waals surface area (Å²) in [7, 11) is 0. The van der Waals surface area contributed by atoms with Crippen LogP contribution in [-0.4, -0.2) is 30.8 Å². The van der Waals surface area contributed by atoms with Crippen LogP contribution in [0.5, 0.6) is 0 Å². The maximum Gasteiger partial charge on any atom is 0.332 e. The highest BCUT2D eigenvalue weighted by Crippen LogP contribution is 2.20.